The highest BCUT2D eigenvalue weighted by molar-refractivity contribution is 8.13. The molecule has 0 aliphatic carbocycles. The molecule has 1 heterocycles. The molecule has 3 nitrogen and oxygen atoms in total. The molecule has 1 aliphatic rings. The van der Waals surface area contributed by atoms with Crippen molar-refractivity contribution >= 4 is 29.3 Å². The first-order valence-corrected chi connectivity index (χ1v) is 3.67. The van der Waals surface area contributed by atoms with Crippen LogP contribution in [0.1, 0.15) is 0 Å². The number of amidine groups is 1. The first kappa shape index (κ1) is 9.07. The highest BCUT2D eigenvalue weighted by atomic mass is 35.5. The predicted octanol–water partition coefficient (Wildman–Crippen LogP) is 0.317. The van der Waals surface area contributed by atoms with Crippen LogP contribution in [0, 0.1) is 0 Å². The fourth-order valence-electron chi connectivity index (χ4n) is 0.622. The van der Waals surface area contributed by atoms with E-state index in [1.54, 1.807) is 16.8 Å². The minimum atomic E-state index is 0. The quantitative estimate of drug-likeness (QED) is 0.529. The molecule has 9 heavy (non-hydrogen) atoms. The summed E-state index contributed by atoms with van der Waals surface area (Å²) in [4.78, 5) is 4.12. The van der Waals surface area contributed by atoms with E-state index in [1.165, 1.54) is 0 Å². The van der Waals surface area contributed by atoms with Crippen LogP contribution in [0.3, 0.4) is 0 Å². The first-order chi connectivity index (χ1) is 3.84. The summed E-state index contributed by atoms with van der Waals surface area (Å²) >= 11 is 1.59. The number of nitrogens with two attached hydrogens (primary N) is 1. The van der Waals surface area contributed by atoms with E-state index in [2.05, 4.69) is 4.99 Å². The second-order valence-corrected chi connectivity index (χ2v) is 2.34. The molecule has 0 aromatic rings. The summed E-state index contributed by atoms with van der Waals surface area (Å²) in [5.74, 6) is 5.47. The van der Waals surface area contributed by atoms with Crippen LogP contribution in [0.2, 0.25) is 0 Å². The number of rotatable bonds is 0. The molecular formula is C4H10ClN3S. The normalized spacial score (nSPS) is 17.1. The molecule has 0 aromatic heterocycles. The summed E-state index contributed by atoms with van der Waals surface area (Å²) in [6.45, 7) is 1.73. The number of halogens is 1. The van der Waals surface area contributed by atoms with Crippen LogP contribution in [0.15, 0.2) is 4.99 Å². The van der Waals surface area contributed by atoms with Gasteiger partial charge in [0, 0.05) is 0 Å². The van der Waals surface area contributed by atoms with Gasteiger partial charge >= 0.3 is 0 Å². The van der Waals surface area contributed by atoms with E-state index in [1.807, 2.05) is 6.26 Å². The van der Waals surface area contributed by atoms with Gasteiger partial charge in [-0.05, 0) is 6.26 Å². The maximum atomic E-state index is 5.47. The van der Waals surface area contributed by atoms with Crippen LogP contribution in [0.4, 0.5) is 0 Å². The number of nitrogens with zero attached hydrogens (tertiary/aromatic N) is 2. The lowest BCUT2D eigenvalue weighted by atomic mass is 10.7. The van der Waals surface area contributed by atoms with Gasteiger partial charge in [0.05, 0.1) is 13.1 Å². The van der Waals surface area contributed by atoms with Gasteiger partial charge in [0.15, 0.2) is 5.17 Å². The Labute approximate surface area is 65.1 Å². The molecule has 0 unspecified atom stereocenters. The lowest BCUT2D eigenvalue weighted by Gasteiger charge is -2.08. The Bertz CT molecular complexity index is 116. The van der Waals surface area contributed by atoms with Crippen molar-refractivity contribution in [3.63, 3.8) is 0 Å². The smallest absolute Gasteiger partial charge is 0.173 e. The molecule has 0 atom stereocenters. The Morgan fingerprint density at radius 3 is 2.67 bits per heavy atom. The van der Waals surface area contributed by atoms with Crippen molar-refractivity contribution in [1.29, 1.82) is 0 Å². The fraction of sp³-hybridized carbons (Fsp3) is 0.750. The molecule has 0 aromatic carbocycles. The Balaban J connectivity index is 0.000000640. The van der Waals surface area contributed by atoms with Gasteiger partial charge in [-0.15, -0.1) is 12.4 Å². The number of aliphatic imine (C=N–C) groups is 1. The van der Waals surface area contributed by atoms with Gasteiger partial charge < -0.3 is 0 Å². The zero-order valence-electron chi connectivity index (χ0n) is 5.20. The predicted molar refractivity (Wildman–Crippen MR) is 44.0 cm³/mol. The minimum absolute atomic E-state index is 0. The van der Waals surface area contributed by atoms with E-state index >= 15 is 0 Å². The monoisotopic (exact) mass is 167 g/mol. The summed E-state index contributed by atoms with van der Waals surface area (Å²) in [5.41, 5.74) is 0. The molecule has 54 valence electrons. The van der Waals surface area contributed by atoms with E-state index in [0.717, 1.165) is 18.3 Å². The summed E-state index contributed by atoms with van der Waals surface area (Å²) in [6.07, 6.45) is 1.98. The standard InChI is InChI=1S/C4H9N3S.ClH/c1-8-4-6-2-3-7(4)5;/h2-3,5H2,1H3;1H. The molecule has 1 rings (SSSR count). The van der Waals surface area contributed by atoms with Gasteiger partial charge in [-0.25, -0.2) is 5.84 Å². The minimum Gasteiger partial charge on any atom is -0.288 e. The molecule has 0 spiro atoms. The molecule has 0 saturated heterocycles. The third-order valence-electron chi connectivity index (χ3n) is 1.02. The van der Waals surface area contributed by atoms with Gasteiger partial charge in [0.2, 0.25) is 0 Å². The Kier molecular flexibility index (Phi) is 4.01. The van der Waals surface area contributed by atoms with Gasteiger partial charge in [-0.3, -0.25) is 10.0 Å². The molecule has 0 amide bonds. The molecule has 1 aliphatic heterocycles. The van der Waals surface area contributed by atoms with Crippen molar-refractivity contribution in [2.24, 2.45) is 10.8 Å². The van der Waals surface area contributed by atoms with Crippen molar-refractivity contribution < 1.29 is 0 Å². The molecular weight excluding hydrogens is 158 g/mol. The Morgan fingerprint density at radius 2 is 2.44 bits per heavy atom. The maximum absolute atomic E-state index is 5.47. The van der Waals surface area contributed by atoms with Crippen molar-refractivity contribution in [3.05, 3.63) is 0 Å². The van der Waals surface area contributed by atoms with Crippen LogP contribution < -0.4 is 5.84 Å². The molecule has 0 saturated carbocycles. The average Bonchev–Trinajstić information content (AvgIpc) is 2.14. The van der Waals surface area contributed by atoms with Crippen molar-refractivity contribution in [3.8, 4) is 0 Å². The van der Waals surface area contributed by atoms with Crippen LogP contribution in [-0.4, -0.2) is 29.5 Å². The molecule has 0 fully saturated rings. The second-order valence-electron chi connectivity index (χ2n) is 1.56. The number of hydrogen-bond acceptors (Lipinski definition) is 4. The average molecular weight is 168 g/mol. The second kappa shape index (κ2) is 3.98. The van der Waals surface area contributed by atoms with E-state index in [4.69, 9.17) is 5.84 Å². The van der Waals surface area contributed by atoms with Crippen LogP contribution in [0.5, 0.6) is 0 Å². The SMILES string of the molecule is CSC1=NCCN1N.Cl. The highest BCUT2D eigenvalue weighted by Crippen LogP contribution is 2.05. The molecule has 0 bridgehead atoms. The van der Waals surface area contributed by atoms with E-state index in [0.29, 0.717) is 0 Å². The van der Waals surface area contributed by atoms with Gasteiger partial charge in [-0.1, -0.05) is 11.8 Å². The fourth-order valence-corrected chi connectivity index (χ4v) is 1.17. The molecule has 2 N–H and O–H groups in total. The summed E-state index contributed by atoms with van der Waals surface area (Å²) in [5, 5.41) is 2.62. The van der Waals surface area contributed by atoms with Crippen molar-refractivity contribution in [2.45, 2.75) is 0 Å². The molecule has 5 heteroatoms. The zero-order valence-corrected chi connectivity index (χ0v) is 6.84. The van der Waals surface area contributed by atoms with Crippen LogP contribution in [-0.2, 0) is 0 Å². The third-order valence-corrected chi connectivity index (χ3v) is 1.74. The van der Waals surface area contributed by atoms with Crippen LogP contribution >= 0.6 is 24.2 Å². The number of thioether (sulfide) groups is 1. The summed E-state index contributed by atoms with van der Waals surface area (Å²) in [6, 6.07) is 0. The topological polar surface area (TPSA) is 41.6 Å². The highest BCUT2D eigenvalue weighted by Gasteiger charge is 2.09. The summed E-state index contributed by atoms with van der Waals surface area (Å²) < 4.78 is 0. The largest absolute Gasteiger partial charge is 0.288 e. The van der Waals surface area contributed by atoms with Gasteiger partial charge in [-0.2, -0.15) is 0 Å². The Hall–Kier alpha value is 0.0700. The van der Waals surface area contributed by atoms with E-state index in [-0.39, 0.29) is 12.4 Å². The number of hydrogen-bond donors (Lipinski definition) is 1. The first-order valence-electron chi connectivity index (χ1n) is 2.45. The van der Waals surface area contributed by atoms with Crippen molar-refractivity contribution in [2.75, 3.05) is 19.3 Å². The van der Waals surface area contributed by atoms with E-state index < -0.39 is 0 Å². The van der Waals surface area contributed by atoms with Gasteiger partial charge in [0.25, 0.3) is 0 Å². The van der Waals surface area contributed by atoms with Crippen molar-refractivity contribution in [1.82, 2.24) is 5.01 Å². The Morgan fingerprint density at radius 1 is 1.78 bits per heavy atom. The third kappa shape index (κ3) is 2.04. The van der Waals surface area contributed by atoms with Gasteiger partial charge in [0.1, 0.15) is 0 Å². The lowest BCUT2D eigenvalue weighted by Crippen LogP contribution is -2.32. The van der Waals surface area contributed by atoms with E-state index in [9.17, 15) is 0 Å². The maximum Gasteiger partial charge on any atom is 0.173 e. The summed E-state index contributed by atoms with van der Waals surface area (Å²) in [7, 11) is 0. The number of hydrazine groups is 1. The molecule has 0 radical (unpaired) electrons. The zero-order chi connectivity index (χ0) is 5.98. The van der Waals surface area contributed by atoms with Crippen LogP contribution in [0.25, 0.3) is 0 Å². The lowest BCUT2D eigenvalue weighted by molar-refractivity contribution is 0.492.